The lowest BCUT2D eigenvalue weighted by atomic mass is 10.3. The van der Waals surface area contributed by atoms with Crippen LogP contribution in [0.25, 0.3) is 0 Å². The van der Waals surface area contributed by atoms with Gasteiger partial charge in [0.05, 0.1) is 0 Å². The van der Waals surface area contributed by atoms with Crippen LogP contribution in [0.15, 0.2) is 24.3 Å². The van der Waals surface area contributed by atoms with Crippen LogP contribution < -0.4 is 4.74 Å². The SMILES string of the molecule is CN(C)CCOc1ccc(Cl)cc1.Cl. The minimum absolute atomic E-state index is 0. The summed E-state index contributed by atoms with van der Waals surface area (Å²) in [7, 11) is 4.04. The summed E-state index contributed by atoms with van der Waals surface area (Å²) in [6.45, 7) is 1.62. The molecule has 1 rings (SSSR count). The zero-order valence-electron chi connectivity index (χ0n) is 8.37. The summed E-state index contributed by atoms with van der Waals surface area (Å²) >= 11 is 5.73. The number of ether oxygens (including phenoxy) is 1. The van der Waals surface area contributed by atoms with E-state index in [1.165, 1.54) is 0 Å². The van der Waals surface area contributed by atoms with Gasteiger partial charge in [0.1, 0.15) is 12.4 Å². The molecule has 0 unspecified atom stereocenters. The number of hydrogen-bond donors (Lipinski definition) is 0. The average molecular weight is 236 g/mol. The molecule has 0 spiro atoms. The molecule has 0 radical (unpaired) electrons. The molecule has 0 bridgehead atoms. The van der Waals surface area contributed by atoms with E-state index in [1.54, 1.807) is 0 Å². The Bertz CT molecular complexity index is 249. The summed E-state index contributed by atoms with van der Waals surface area (Å²) in [6, 6.07) is 7.40. The van der Waals surface area contributed by atoms with Gasteiger partial charge in [-0.2, -0.15) is 0 Å². The molecule has 0 aliphatic carbocycles. The molecule has 0 fully saturated rings. The van der Waals surface area contributed by atoms with Gasteiger partial charge in [0.2, 0.25) is 0 Å². The second-order valence-electron chi connectivity index (χ2n) is 3.11. The van der Waals surface area contributed by atoms with Crippen LogP contribution in [0, 0.1) is 0 Å². The number of hydrogen-bond acceptors (Lipinski definition) is 2. The fourth-order valence-corrected chi connectivity index (χ4v) is 1.00. The molecule has 1 aromatic rings. The Kier molecular flexibility index (Phi) is 6.71. The number of likely N-dealkylation sites (N-methyl/N-ethyl adjacent to an activating group) is 1. The quantitative estimate of drug-likeness (QED) is 0.796. The second-order valence-corrected chi connectivity index (χ2v) is 3.54. The molecule has 0 aliphatic rings. The highest BCUT2D eigenvalue weighted by Crippen LogP contribution is 2.15. The van der Waals surface area contributed by atoms with Gasteiger partial charge in [0.25, 0.3) is 0 Å². The number of nitrogens with zero attached hydrogens (tertiary/aromatic N) is 1. The van der Waals surface area contributed by atoms with E-state index in [0.717, 1.165) is 17.3 Å². The van der Waals surface area contributed by atoms with Crippen LogP contribution in [-0.2, 0) is 0 Å². The van der Waals surface area contributed by atoms with Crippen LogP contribution >= 0.6 is 24.0 Å². The maximum absolute atomic E-state index is 5.73. The summed E-state index contributed by atoms with van der Waals surface area (Å²) in [5, 5.41) is 0.736. The smallest absolute Gasteiger partial charge is 0.119 e. The Balaban J connectivity index is 0.00000169. The molecule has 14 heavy (non-hydrogen) atoms. The standard InChI is InChI=1S/C10H14ClNO.ClH/c1-12(2)7-8-13-10-5-3-9(11)4-6-10;/h3-6H,7-8H2,1-2H3;1H. The number of rotatable bonds is 4. The van der Waals surface area contributed by atoms with Crippen LogP contribution in [0.1, 0.15) is 0 Å². The van der Waals surface area contributed by atoms with Crippen LogP contribution in [0.3, 0.4) is 0 Å². The molecule has 0 atom stereocenters. The highest BCUT2D eigenvalue weighted by atomic mass is 35.5. The summed E-state index contributed by atoms with van der Waals surface area (Å²) in [5.74, 6) is 0.867. The Hall–Kier alpha value is -0.440. The van der Waals surface area contributed by atoms with E-state index in [-0.39, 0.29) is 12.4 Å². The van der Waals surface area contributed by atoms with Crippen molar-refractivity contribution in [2.24, 2.45) is 0 Å². The van der Waals surface area contributed by atoms with E-state index in [4.69, 9.17) is 16.3 Å². The molecule has 0 heterocycles. The molecular formula is C10H15Cl2NO. The highest BCUT2D eigenvalue weighted by Gasteiger charge is 1.94. The molecule has 0 N–H and O–H groups in total. The molecule has 80 valence electrons. The van der Waals surface area contributed by atoms with Gasteiger partial charge in [-0.3, -0.25) is 0 Å². The fraction of sp³-hybridized carbons (Fsp3) is 0.400. The molecular weight excluding hydrogens is 221 g/mol. The topological polar surface area (TPSA) is 12.5 Å². The number of benzene rings is 1. The van der Waals surface area contributed by atoms with Gasteiger partial charge in [-0.1, -0.05) is 11.6 Å². The van der Waals surface area contributed by atoms with Gasteiger partial charge >= 0.3 is 0 Å². The van der Waals surface area contributed by atoms with E-state index in [1.807, 2.05) is 38.4 Å². The van der Waals surface area contributed by atoms with Crippen LogP contribution in [0.2, 0.25) is 5.02 Å². The third kappa shape index (κ3) is 5.32. The first kappa shape index (κ1) is 13.6. The lowest BCUT2D eigenvalue weighted by molar-refractivity contribution is 0.261. The highest BCUT2D eigenvalue weighted by molar-refractivity contribution is 6.30. The Morgan fingerprint density at radius 2 is 1.79 bits per heavy atom. The third-order valence-electron chi connectivity index (χ3n) is 1.62. The van der Waals surface area contributed by atoms with E-state index in [2.05, 4.69) is 4.90 Å². The van der Waals surface area contributed by atoms with E-state index < -0.39 is 0 Å². The summed E-state index contributed by atoms with van der Waals surface area (Å²) in [6.07, 6.45) is 0. The summed E-state index contributed by atoms with van der Waals surface area (Å²) in [5.41, 5.74) is 0. The minimum Gasteiger partial charge on any atom is -0.492 e. The van der Waals surface area contributed by atoms with Crippen LogP contribution in [0.5, 0.6) is 5.75 Å². The molecule has 2 nitrogen and oxygen atoms in total. The number of halogens is 2. The molecule has 0 aromatic heterocycles. The maximum atomic E-state index is 5.73. The lowest BCUT2D eigenvalue weighted by Crippen LogP contribution is -2.19. The van der Waals surface area contributed by atoms with Crippen molar-refractivity contribution >= 4 is 24.0 Å². The maximum Gasteiger partial charge on any atom is 0.119 e. The Labute approximate surface area is 96.2 Å². The van der Waals surface area contributed by atoms with Crippen LogP contribution in [-0.4, -0.2) is 32.1 Å². The van der Waals surface area contributed by atoms with Crippen molar-refractivity contribution in [3.05, 3.63) is 29.3 Å². The molecule has 0 amide bonds. The molecule has 0 saturated heterocycles. The zero-order valence-corrected chi connectivity index (χ0v) is 9.94. The second kappa shape index (κ2) is 6.93. The predicted molar refractivity (Wildman–Crippen MR) is 62.7 cm³/mol. The van der Waals surface area contributed by atoms with Gasteiger partial charge in [0.15, 0.2) is 0 Å². The fourth-order valence-electron chi connectivity index (χ4n) is 0.877. The average Bonchev–Trinajstić information content (AvgIpc) is 2.08. The lowest BCUT2D eigenvalue weighted by Gasteiger charge is -2.10. The molecule has 1 aromatic carbocycles. The van der Waals surface area contributed by atoms with Crippen molar-refractivity contribution in [1.82, 2.24) is 4.90 Å². The first-order valence-electron chi connectivity index (χ1n) is 4.21. The monoisotopic (exact) mass is 235 g/mol. The van der Waals surface area contributed by atoms with Crippen molar-refractivity contribution in [3.63, 3.8) is 0 Å². The Morgan fingerprint density at radius 3 is 2.29 bits per heavy atom. The normalized spacial score (nSPS) is 9.71. The molecule has 0 aliphatic heterocycles. The van der Waals surface area contributed by atoms with Crippen molar-refractivity contribution in [2.75, 3.05) is 27.2 Å². The van der Waals surface area contributed by atoms with E-state index in [9.17, 15) is 0 Å². The van der Waals surface area contributed by atoms with Gasteiger partial charge in [0, 0.05) is 11.6 Å². The van der Waals surface area contributed by atoms with Gasteiger partial charge in [-0.25, -0.2) is 0 Å². The van der Waals surface area contributed by atoms with Gasteiger partial charge in [-0.15, -0.1) is 12.4 Å². The first-order chi connectivity index (χ1) is 6.18. The van der Waals surface area contributed by atoms with E-state index in [0.29, 0.717) is 6.61 Å². The zero-order chi connectivity index (χ0) is 9.68. The summed E-state index contributed by atoms with van der Waals surface area (Å²) in [4.78, 5) is 2.08. The molecule has 4 heteroatoms. The van der Waals surface area contributed by atoms with Crippen molar-refractivity contribution in [2.45, 2.75) is 0 Å². The first-order valence-corrected chi connectivity index (χ1v) is 4.59. The van der Waals surface area contributed by atoms with Gasteiger partial charge in [-0.05, 0) is 38.4 Å². The third-order valence-corrected chi connectivity index (χ3v) is 1.87. The van der Waals surface area contributed by atoms with Crippen LogP contribution in [0.4, 0.5) is 0 Å². The predicted octanol–water partition coefficient (Wildman–Crippen LogP) is 2.70. The van der Waals surface area contributed by atoms with Crippen molar-refractivity contribution < 1.29 is 4.74 Å². The van der Waals surface area contributed by atoms with Gasteiger partial charge < -0.3 is 9.64 Å². The largest absolute Gasteiger partial charge is 0.492 e. The Morgan fingerprint density at radius 1 is 1.21 bits per heavy atom. The van der Waals surface area contributed by atoms with Crippen molar-refractivity contribution in [3.8, 4) is 5.75 Å². The van der Waals surface area contributed by atoms with E-state index >= 15 is 0 Å². The minimum atomic E-state index is 0. The summed E-state index contributed by atoms with van der Waals surface area (Å²) < 4.78 is 5.47. The van der Waals surface area contributed by atoms with Crippen molar-refractivity contribution in [1.29, 1.82) is 0 Å². The molecule has 0 saturated carbocycles.